The highest BCUT2D eigenvalue weighted by atomic mass is 16.5. The molecule has 3 aromatic carbocycles. The minimum Gasteiger partial charge on any atom is -0.494 e. The lowest BCUT2D eigenvalue weighted by Gasteiger charge is -2.14. The van der Waals surface area contributed by atoms with E-state index in [1.54, 1.807) is 66.7 Å². The van der Waals surface area contributed by atoms with Crippen LogP contribution < -0.4 is 23.7 Å². The SMILES string of the molecule is CCCCCCCCOc1ccc(C(=O)Oc2ccc(OC(=O)c3ccc(OCCCC)c(OCCCC)c3)cc2)cc1. The molecule has 0 amide bonds. The fourth-order valence-corrected chi connectivity index (χ4v) is 4.19. The van der Waals surface area contributed by atoms with Crippen molar-refractivity contribution in [3.8, 4) is 28.7 Å². The first-order valence-electron chi connectivity index (χ1n) is 15.7. The molecule has 0 aliphatic heterocycles. The molecule has 0 saturated heterocycles. The molecule has 0 heterocycles. The van der Waals surface area contributed by atoms with Crippen LogP contribution in [0, 0.1) is 0 Å². The van der Waals surface area contributed by atoms with Gasteiger partial charge in [0.15, 0.2) is 11.5 Å². The zero-order valence-electron chi connectivity index (χ0n) is 25.9. The Balaban J connectivity index is 1.50. The van der Waals surface area contributed by atoms with Crippen molar-refractivity contribution < 1.29 is 33.3 Å². The molecule has 0 spiro atoms. The lowest BCUT2D eigenvalue weighted by molar-refractivity contribution is 0.0719. The Labute approximate surface area is 256 Å². The van der Waals surface area contributed by atoms with Crippen LogP contribution >= 0.6 is 0 Å². The molecule has 0 bridgehead atoms. The normalized spacial score (nSPS) is 10.7. The highest BCUT2D eigenvalue weighted by molar-refractivity contribution is 5.92. The minimum absolute atomic E-state index is 0.327. The molecular weight excluding hydrogens is 544 g/mol. The van der Waals surface area contributed by atoms with Gasteiger partial charge >= 0.3 is 11.9 Å². The van der Waals surface area contributed by atoms with Gasteiger partial charge in [-0.3, -0.25) is 0 Å². The maximum absolute atomic E-state index is 12.9. The lowest BCUT2D eigenvalue weighted by atomic mass is 10.1. The zero-order chi connectivity index (χ0) is 30.7. The maximum atomic E-state index is 12.9. The van der Waals surface area contributed by atoms with Crippen molar-refractivity contribution in [3.63, 3.8) is 0 Å². The average molecular weight is 591 g/mol. The number of ether oxygens (including phenoxy) is 5. The molecule has 0 radical (unpaired) electrons. The molecular formula is C36H46O7. The van der Waals surface area contributed by atoms with Gasteiger partial charge in [0.2, 0.25) is 0 Å². The summed E-state index contributed by atoms with van der Waals surface area (Å²) in [6, 6.07) is 18.3. The van der Waals surface area contributed by atoms with E-state index in [2.05, 4.69) is 20.8 Å². The Hall–Kier alpha value is -4.00. The van der Waals surface area contributed by atoms with Crippen LogP contribution in [-0.2, 0) is 0 Å². The van der Waals surface area contributed by atoms with E-state index in [0.717, 1.165) is 37.9 Å². The van der Waals surface area contributed by atoms with Gasteiger partial charge in [-0.05, 0) is 86.0 Å². The molecule has 0 aromatic heterocycles. The predicted octanol–water partition coefficient (Wildman–Crippen LogP) is 9.22. The van der Waals surface area contributed by atoms with Gasteiger partial charge in [0.05, 0.1) is 30.9 Å². The molecule has 0 aliphatic carbocycles. The minimum atomic E-state index is -0.524. The number of carbonyl (C=O) groups is 2. The van der Waals surface area contributed by atoms with E-state index in [4.69, 9.17) is 23.7 Å². The first-order valence-corrected chi connectivity index (χ1v) is 15.7. The van der Waals surface area contributed by atoms with Gasteiger partial charge in [-0.2, -0.15) is 0 Å². The topological polar surface area (TPSA) is 80.3 Å². The fourth-order valence-electron chi connectivity index (χ4n) is 4.19. The van der Waals surface area contributed by atoms with E-state index in [0.29, 0.717) is 53.9 Å². The van der Waals surface area contributed by atoms with E-state index >= 15 is 0 Å². The van der Waals surface area contributed by atoms with Crippen LogP contribution in [0.15, 0.2) is 66.7 Å². The predicted molar refractivity (Wildman–Crippen MR) is 169 cm³/mol. The van der Waals surface area contributed by atoms with E-state index in [1.807, 2.05) is 0 Å². The highest BCUT2D eigenvalue weighted by Gasteiger charge is 2.15. The Kier molecular flexibility index (Phi) is 15.0. The molecule has 0 saturated carbocycles. The van der Waals surface area contributed by atoms with E-state index < -0.39 is 11.9 Å². The van der Waals surface area contributed by atoms with Gasteiger partial charge in [0.1, 0.15) is 17.2 Å². The molecule has 232 valence electrons. The third-order valence-electron chi connectivity index (χ3n) is 6.79. The summed E-state index contributed by atoms with van der Waals surface area (Å²) in [5, 5.41) is 0. The fraction of sp³-hybridized carbons (Fsp3) is 0.444. The number of benzene rings is 3. The van der Waals surface area contributed by atoms with Crippen molar-refractivity contribution in [1.29, 1.82) is 0 Å². The van der Waals surface area contributed by atoms with Gasteiger partial charge in [-0.1, -0.05) is 65.7 Å². The van der Waals surface area contributed by atoms with Crippen molar-refractivity contribution in [1.82, 2.24) is 0 Å². The van der Waals surface area contributed by atoms with Gasteiger partial charge in [0, 0.05) is 0 Å². The summed E-state index contributed by atoms with van der Waals surface area (Å²) in [4.78, 5) is 25.5. The molecule has 3 aromatic rings. The number of hydrogen-bond acceptors (Lipinski definition) is 7. The van der Waals surface area contributed by atoms with Crippen LogP contribution in [0.1, 0.15) is 106 Å². The molecule has 7 nitrogen and oxygen atoms in total. The second kappa shape index (κ2) is 19.2. The second-order valence-electron chi connectivity index (χ2n) is 10.5. The summed E-state index contributed by atoms with van der Waals surface area (Å²) in [5.74, 6) is 1.53. The molecule has 43 heavy (non-hydrogen) atoms. The van der Waals surface area contributed by atoms with Crippen LogP contribution in [0.3, 0.4) is 0 Å². The number of hydrogen-bond donors (Lipinski definition) is 0. The van der Waals surface area contributed by atoms with Gasteiger partial charge < -0.3 is 23.7 Å². The summed E-state index contributed by atoms with van der Waals surface area (Å²) in [6.45, 7) is 8.19. The van der Waals surface area contributed by atoms with Gasteiger partial charge in [-0.25, -0.2) is 9.59 Å². The number of rotatable bonds is 20. The Morgan fingerprint density at radius 1 is 0.465 bits per heavy atom. The average Bonchev–Trinajstić information content (AvgIpc) is 3.02. The third kappa shape index (κ3) is 12.0. The molecule has 0 atom stereocenters. The monoisotopic (exact) mass is 590 g/mol. The molecule has 3 rings (SSSR count). The van der Waals surface area contributed by atoms with Crippen LogP contribution in [0.5, 0.6) is 28.7 Å². The van der Waals surface area contributed by atoms with Crippen molar-refractivity contribution >= 4 is 11.9 Å². The molecule has 0 fully saturated rings. The molecule has 0 unspecified atom stereocenters. The van der Waals surface area contributed by atoms with Crippen molar-refractivity contribution in [2.45, 2.75) is 85.0 Å². The summed E-state index contributed by atoms with van der Waals surface area (Å²) >= 11 is 0. The Morgan fingerprint density at radius 2 is 0.930 bits per heavy atom. The highest BCUT2D eigenvalue weighted by Crippen LogP contribution is 2.30. The smallest absolute Gasteiger partial charge is 0.343 e. The van der Waals surface area contributed by atoms with Crippen molar-refractivity contribution in [2.24, 2.45) is 0 Å². The summed E-state index contributed by atoms with van der Waals surface area (Å²) in [5.41, 5.74) is 0.769. The first-order chi connectivity index (χ1) is 21.0. The van der Waals surface area contributed by atoms with Crippen molar-refractivity contribution in [3.05, 3.63) is 77.9 Å². The Morgan fingerprint density at radius 3 is 1.53 bits per heavy atom. The van der Waals surface area contributed by atoms with Crippen LogP contribution in [0.2, 0.25) is 0 Å². The van der Waals surface area contributed by atoms with E-state index in [1.165, 1.54) is 32.1 Å². The summed E-state index contributed by atoms with van der Waals surface area (Å²) in [6.07, 6.45) is 11.1. The first kappa shape index (κ1) is 33.5. The van der Waals surface area contributed by atoms with E-state index in [9.17, 15) is 9.59 Å². The Bertz CT molecular complexity index is 1240. The lowest BCUT2D eigenvalue weighted by Crippen LogP contribution is -2.10. The quantitative estimate of drug-likeness (QED) is 0.0737. The molecule has 7 heteroatoms. The molecule has 0 N–H and O–H groups in total. The molecule has 0 aliphatic rings. The summed E-state index contributed by atoms with van der Waals surface area (Å²) in [7, 11) is 0. The maximum Gasteiger partial charge on any atom is 0.343 e. The van der Waals surface area contributed by atoms with Gasteiger partial charge in [-0.15, -0.1) is 0 Å². The van der Waals surface area contributed by atoms with Crippen molar-refractivity contribution in [2.75, 3.05) is 19.8 Å². The largest absolute Gasteiger partial charge is 0.494 e. The van der Waals surface area contributed by atoms with Crippen LogP contribution in [0.4, 0.5) is 0 Å². The second-order valence-corrected chi connectivity index (χ2v) is 10.5. The standard InChI is InChI=1S/C36H46O7/c1-4-7-10-11-12-13-26-39-30-17-14-28(15-18-30)35(37)42-31-19-21-32(22-20-31)43-36(38)29-16-23-33(40-24-8-5-2)34(27-29)41-25-9-6-3/h14-23,27H,4-13,24-26H2,1-3H3. The van der Waals surface area contributed by atoms with E-state index in [-0.39, 0.29) is 0 Å². The zero-order valence-corrected chi connectivity index (χ0v) is 25.9. The third-order valence-corrected chi connectivity index (χ3v) is 6.79. The number of unbranched alkanes of at least 4 members (excludes halogenated alkanes) is 7. The van der Waals surface area contributed by atoms with Crippen LogP contribution in [0.25, 0.3) is 0 Å². The number of esters is 2. The van der Waals surface area contributed by atoms with Gasteiger partial charge in [0.25, 0.3) is 0 Å². The summed E-state index contributed by atoms with van der Waals surface area (Å²) < 4.78 is 28.6. The van der Waals surface area contributed by atoms with Crippen LogP contribution in [-0.4, -0.2) is 31.8 Å². The number of carbonyl (C=O) groups excluding carboxylic acids is 2.